The van der Waals surface area contributed by atoms with E-state index in [1.807, 2.05) is 0 Å². The smallest absolute Gasteiger partial charge is 0.328 e. The van der Waals surface area contributed by atoms with Gasteiger partial charge in [-0.3, -0.25) is 9.59 Å². The van der Waals surface area contributed by atoms with Crippen molar-refractivity contribution in [3.8, 4) is 16.9 Å². The Kier molecular flexibility index (Phi) is 6.40. The topological polar surface area (TPSA) is 108 Å². The van der Waals surface area contributed by atoms with Crippen molar-refractivity contribution in [2.45, 2.75) is 12.5 Å². The largest absolute Gasteiger partial charge is 0.507 e. The van der Waals surface area contributed by atoms with Crippen molar-refractivity contribution in [2.24, 2.45) is 0 Å². The standard InChI is InChI=1S/C26H21FN2O5/c1-34-26(33)22(29-25(32)24(31)20-14-28-21-5-3-2-4-18(20)21)13-15-6-11-23(30)19(12-15)16-7-9-17(27)10-8-16/h2-12,14,22,28,30H,13H2,1H3,(H,29,32)/t22-/m0/s1. The van der Waals surface area contributed by atoms with Gasteiger partial charge in [0.15, 0.2) is 0 Å². The van der Waals surface area contributed by atoms with E-state index >= 15 is 0 Å². The van der Waals surface area contributed by atoms with Gasteiger partial charge in [-0.2, -0.15) is 0 Å². The maximum Gasteiger partial charge on any atom is 0.328 e. The monoisotopic (exact) mass is 460 g/mol. The van der Waals surface area contributed by atoms with Gasteiger partial charge in [-0.25, -0.2) is 9.18 Å². The van der Waals surface area contributed by atoms with Crippen molar-refractivity contribution in [2.75, 3.05) is 7.11 Å². The molecule has 0 radical (unpaired) electrons. The van der Waals surface area contributed by atoms with Crippen LogP contribution >= 0.6 is 0 Å². The predicted molar refractivity (Wildman–Crippen MR) is 124 cm³/mol. The van der Waals surface area contributed by atoms with Crippen LogP contribution in [0.2, 0.25) is 0 Å². The second kappa shape index (κ2) is 9.58. The third-order valence-corrected chi connectivity index (χ3v) is 5.49. The van der Waals surface area contributed by atoms with Crippen LogP contribution in [0, 0.1) is 5.82 Å². The lowest BCUT2D eigenvalue weighted by molar-refractivity contribution is -0.144. The number of aromatic nitrogens is 1. The highest BCUT2D eigenvalue weighted by atomic mass is 19.1. The van der Waals surface area contributed by atoms with E-state index in [0.29, 0.717) is 27.6 Å². The second-order valence-electron chi connectivity index (χ2n) is 7.69. The molecule has 1 aromatic heterocycles. The van der Waals surface area contributed by atoms with Gasteiger partial charge in [0.05, 0.1) is 12.7 Å². The van der Waals surface area contributed by atoms with Crippen molar-refractivity contribution in [1.29, 1.82) is 0 Å². The highest BCUT2D eigenvalue weighted by Gasteiger charge is 2.27. The number of hydrogen-bond acceptors (Lipinski definition) is 5. The van der Waals surface area contributed by atoms with Crippen LogP contribution < -0.4 is 5.32 Å². The average molecular weight is 460 g/mol. The van der Waals surface area contributed by atoms with Crippen molar-refractivity contribution in [1.82, 2.24) is 10.3 Å². The summed E-state index contributed by atoms with van der Waals surface area (Å²) in [6, 6.07) is 16.2. The number of aromatic hydroxyl groups is 1. The normalized spacial score (nSPS) is 11.7. The minimum atomic E-state index is -1.14. The Labute approximate surface area is 194 Å². The zero-order chi connectivity index (χ0) is 24.2. The molecule has 4 aromatic rings. The first-order valence-electron chi connectivity index (χ1n) is 10.4. The molecule has 0 saturated carbocycles. The molecular formula is C26H21FN2O5. The highest BCUT2D eigenvalue weighted by Crippen LogP contribution is 2.30. The van der Waals surface area contributed by atoms with Gasteiger partial charge < -0.3 is 20.1 Å². The Morgan fingerprint density at radius 2 is 1.79 bits per heavy atom. The number of methoxy groups -OCH3 is 1. The number of aromatic amines is 1. The number of nitrogens with one attached hydrogen (secondary N) is 2. The maximum absolute atomic E-state index is 13.3. The molecular weight excluding hydrogens is 439 g/mol. The van der Waals surface area contributed by atoms with E-state index in [4.69, 9.17) is 4.74 Å². The molecule has 3 aromatic carbocycles. The number of phenolic OH excluding ortho intramolecular Hbond substituents is 1. The minimum Gasteiger partial charge on any atom is -0.507 e. The maximum atomic E-state index is 13.3. The van der Waals surface area contributed by atoms with Crippen molar-refractivity contribution < 1.29 is 28.6 Å². The third kappa shape index (κ3) is 4.66. The van der Waals surface area contributed by atoms with Crippen LogP contribution in [0.15, 0.2) is 72.9 Å². The molecule has 4 rings (SSSR count). The number of para-hydroxylation sites is 1. The molecule has 0 aliphatic carbocycles. The number of esters is 1. The van der Waals surface area contributed by atoms with E-state index in [2.05, 4.69) is 10.3 Å². The van der Waals surface area contributed by atoms with Gasteiger partial charge in [-0.15, -0.1) is 0 Å². The number of amides is 1. The lowest BCUT2D eigenvalue weighted by Crippen LogP contribution is -2.45. The first kappa shape index (κ1) is 22.7. The van der Waals surface area contributed by atoms with Gasteiger partial charge in [-0.1, -0.05) is 36.4 Å². The molecule has 34 heavy (non-hydrogen) atoms. The van der Waals surface area contributed by atoms with E-state index in [1.165, 1.54) is 43.6 Å². The lowest BCUT2D eigenvalue weighted by atomic mass is 9.98. The summed E-state index contributed by atoms with van der Waals surface area (Å²) in [5, 5.41) is 13.3. The fraction of sp³-hybridized carbons (Fsp3) is 0.115. The summed E-state index contributed by atoms with van der Waals surface area (Å²) in [7, 11) is 1.18. The SMILES string of the molecule is COC(=O)[C@H](Cc1ccc(O)c(-c2ccc(F)cc2)c1)NC(=O)C(=O)c1c[nH]c2ccccc12. The minimum absolute atomic E-state index is 0.00799. The number of rotatable bonds is 7. The van der Waals surface area contributed by atoms with Crippen LogP contribution in [0.25, 0.3) is 22.0 Å². The lowest BCUT2D eigenvalue weighted by Gasteiger charge is -2.17. The van der Waals surface area contributed by atoms with E-state index in [-0.39, 0.29) is 17.7 Å². The van der Waals surface area contributed by atoms with Crippen LogP contribution in [0.1, 0.15) is 15.9 Å². The molecule has 0 bridgehead atoms. The molecule has 172 valence electrons. The molecule has 0 fully saturated rings. The number of fused-ring (bicyclic) bond motifs is 1. The molecule has 1 atom stereocenters. The van der Waals surface area contributed by atoms with Gasteiger partial charge in [0, 0.05) is 29.1 Å². The van der Waals surface area contributed by atoms with Gasteiger partial charge >= 0.3 is 5.97 Å². The predicted octanol–water partition coefficient (Wildman–Crippen LogP) is 3.76. The zero-order valence-electron chi connectivity index (χ0n) is 18.2. The number of benzene rings is 3. The van der Waals surface area contributed by atoms with Crippen LogP contribution in [-0.4, -0.2) is 40.9 Å². The summed E-state index contributed by atoms with van der Waals surface area (Å²) in [5.74, 6) is -2.89. The highest BCUT2D eigenvalue weighted by molar-refractivity contribution is 6.45. The van der Waals surface area contributed by atoms with Crippen molar-refractivity contribution >= 4 is 28.6 Å². The molecule has 7 nitrogen and oxygen atoms in total. The number of H-pyrrole nitrogens is 1. The summed E-state index contributed by atoms with van der Waals surface area (Å²) < 4.78 is 18.1. The van der Waals surface area contributed by atoms with Crippen LogP contribution in [0.5, 0.6) is 5.75 Å². The van der Waals surface area contributed by atoms with Crippen molar-refractivity contribution in [3.63, 3.8) is 0 Å². The number of ether oxygens (including phenoxy) is 1. The van der Waals surface area contributed by atoms with Gasteiger partial charge in [0.2, 0.25) is 0 Å². The molecule has 0 unspecified atom stereocenters. The second-order valence-corrected chi connectivity index (χ2v) is 7.69. The quantitative estimate of drug-likeness (QED) is 0.221. The molecule has 0 saturated heterocycles. The van der Waals surface area contributed by atoms with Crippen LogP contribution in [-0.2, 0) is 20.7 Å². The van der Waals surface area contributed by atoms with Crippen LogP contribution in [0.4, 0.5) is 4.39 Å². The number of phenols is 1. The van der Waals surface area contributed by atoms with E-state index in [0.717, 1.165) is 0 Å². The first-order valence-corrected chi connectivity index (χ1v) is 10.4. The van der Waals surface area contributed by atoms with Gasteiger partial charge in [-0.05, 0) is 41.5 Å². The summed E-state index contributed by atoms with van der Waals surface area (Å²) in [6.07, 6.45) is 1.46. The number of halogens is 1. The van der Waals surface area contributed by atoms with E-state index in [9.17, 15) is 23.9 Å². The zero-order valence-corrected chi connectivity index (χ0v) is 18.2. The summed E-state index contributed by atoms with van der Waals surface area (Å²) >= 11 is 0. The third-order valence-electron chi connectivity index (χ3n) is 5.49. The van der Waals surface area contributed by atoms with Crippen molar-refractivity contribution in [3.05, 3.63) is 89.9 Å². The molecule has 1 heterocycles. The molecule has 8 heteroatoms. The molecule has 3 N–H and O–H groups in total. The van der Waals surface area contributed by atoms with Gasteiger partial charge in [0.1, 0.15) is 17.6 Å². The fourth-order valence-corrected chi connectivity index (χ4v) is 3.75. The van der Waals surface area contributed by atoms with E-state index < -0.39 is 29.5 Å². The molecule has 0 aliphatic heterocycles. The van der Waals surface area contributed by atoms with Gasteiger partial charge in [0.25, 0.3) is 11.7 Å². The molecule has 0 spiro atoms. The number of carbonyl (C=O) groups excluding carboxylic acids is 3. The van der Waals surface area contributed by atoms with Crippen LogP contribution in [0.3, 0.4) is 0 Å². The first-order chi connectivity index (χ1) is 16.4. The number of ketones is 1. The summed E-state index contributed by atoms with van der Waals surface area (Å²) in [4.78, 5) is 40.8. The summed E-state index contributed by atoms with van der Waals surface area (Å²) in [5.41, 5.74) is 2.50. The Hall–Kier alpha value is -4.46. The Morgan fingerprint density at radius 1 is 1.06 bits per heavy atom. The number of Topliss-reactive ketones (excluding diaryl/α,β-unsaturated/α-hetero) is 1. The Bertz CT molecular complexity index is 1380. The number of carbonyl (C=O) groups is 3. The molecule has 0 aliphatic rings. The Balaban J connectivity index is 1.56. The average Bonchev–Trinajstić information content (AvgIpc) is 3.28. The van der Waals surface area contributed by atoms with E-state index in [1.54, 1.807) is 36.4 Å². The number of hydrogen-bond donors (Lipinski definition) is 3. The fourth-order valence-electron chi connectivity index (χ4n) is 3.75. The molecule has 1 amide bonds. The summed E-state index contributed by atoms with van der Waals surface area (Å²) in [6.45, 7) is 0. The Morgan fingerprint density at radius 3 is 2.53 bits per heavy atom.